The number of hydrogen-bond acceptors (Lipinski definition) is 4. The molecule has 88 valence electrons. The number of sulfone groups is 1. The van der Waals surface area contributed by atoms with Crippen molar-refractivity contribution in [2.75, 3.05) is 31.6 Å². The second kappa shape index (κ2) is 4.94. The average molecular weight is 234 g/mol. The Morgan fingerprint density at radius 3 is 2.73 bits per heavy atom. The van der Waals surface area contributed by atoms with Crippen molar-refractivity contribution in [1.82, 2.24) is 10.2 Å². The van der Waals surface area contributed by atoms with Crippen molar-refractivity contribution in [3.8, 4) is 0 Å². The Bertz CT molecular complexity index is 326. The summed E-state index contributed by atoms with van der Waals surface area (Å²) in [5.41, 5.74) is 0. The molecule has 0 aliphatic carbocycles. The third kappa shape index (κ3) is 4.61. The minimum Gasteiger partial charge on any atom is -0.340 e. The van der Waals surface area contributed by atoms with E-state index in [1.807, 2.05) is 0 Å². The van der Waals surface area contributed by atoms with Crippen molar-refractivity contribution in [3.63, 3.8) is 0 Å². The van der Waals surface area contributed by atoms with E-state index in [9.17, 15) is 13.2 Å². The SMILES string of the molecule is CC(=O)N1CCNC(CCS(C)(=O)=O)C1. The number of nitrogens with one attached hydrogen (secondary N) is 1. The molecule has 5 nitrogen and oxygen atoms in total. The predicted molar refractivity (Wildman–Crippen MR) is 58.4 cm³/mol. The van der Waals surface area contributed by atoms with Gasteiger partial charge in [-0.25, -0.2) is 8.42 Å². The molecule has 0 aromatic rings. The molecule has 0 bridgehead atoms. The Kier molecular flexibility index (Phi) is 4.10. The van der Waals surface area contributed by atoms with Crippen LogP contribution in [0, 0.1) is 0 Å². The van der Waals surface area contributed by atoms with Gasteiger partial charge in [0.1, 0.15) is 9.84 Å². The lowest BCUT2D eigenvalue weighted by molar-refractivity contribution is -0.130. The van der Waals surface area contributed by atoms with Crippen LogP contribution in [0.15, 0.2) is 0 Å². The number of nitrogens with zero attached hydrogens (tertiary/aromatic N) is 1. The highest BCUT2D eigenvalue weighted by Crippen LogP contribution is 2.04. The highest BCUT2D eigenvalue weighted by Gasteiger charge is 2.21. The van der Waals surface area contributed by atoms with E-state index < -0.39 is 9.84 Å². The summed E-state index contributed by atoms with van der Waals surface area (Å²) in [5, 5.41) is 3.22. The summed E-state index contributed by atoms with van der Waals surface area (Å²) in [4.78, 5) is 12.9. The van der Waals surface area contributed by atoms with Gasteiger partial charge in [-0.1, -0.05) is 0 Å². The molecule has 0 aromatic heterocycles. The average Bonchev–Trinajstić information content (AvgIpc) is 2.14. The minimum atomic E-state index is -2.90. The van der Waals surface area contributed by atoms with Crippen LogP contribution in [0.3, 0.4) is 0 Å². The maximum atomic E-state index is 11.1. The van der Waals surface area contributed by atoms with Gasteiger partial charge in [0.15, 0.2) is 0 Å². The third-order valence-electron chi connectivity index (χ3n) is 2.54. The molecule has 0 radical (unpaired) electrons. The molecule has 1 unspecified atom stereocenters. The van der Waals surface area contributed by atoms with E-state index in [1.165, 1.54) is 6.26 Å². The first-order chi connectivity index (χ1) is 6.88. The van der Waals surface area contributed by atoms with Gasteiger partial charge in [-0.3, -0.25) is 4.79 Å². The molecule has 1 fully saturated rings. The zero-order valence-electron chi connectivity index (χ0n) is 9.19. The first-order valence-corrected chi connectivity index (χ1v) is 7.11. The van der Waals surface area contributed by atoms with Gasteiger partial charge in [-0.15, -0.1) is 0 Å². The van der Waals surface area contributed by atoms with Crippen LogP contribution in [-0.2, 0) is 14.6 Å². The fourth-order valence-electron chi connectivity index (χ4n) is 1.66. The van der Waals surface area contributed by atoms with Gasteiger partial charge in [0, 0.05) is 38.9 Å². The van der Waals surface area contributed by atoms with E-state index in [-0.39, 0.29) is 17.7 Å². The molecule has 6 heteroatoms. The number of rotatable bonds is 3. The first kappa shape index (κ1) is 12.4. The van der Waals surface area contributed by atoms with Crippen molar-refractivity contribution >= 4 is 15.7 Å². The van der Waals surface area contributed by atoms with Crippen LogP contribution in [0.25, 0.3) is 0 Å². The van der Waals surface area contributed by atoms with Crippen molar-refractivity contribution < 1.29 is 13.2 Å². The standard InChI is InChI=1S/C9H18N2O3S/c1-8(12)11-5-4-10-9(7-11)3-6-15(2,13)14/h9-10H,3-7H2,1-2H3. The van der Waals surface area contributed by atoms with Crippen LogP contribution in [-0.4, -0.2) is 56.9 Å². The Hall–Kier alpha value is -0.620. The normalized spacial score (nSPS) is 22.8. The van der Waals surface area contributed by atoms with Crippen LogP contribution >= 0.6 is 0 Å². The van der Waals surface area contributed by atoms with Gasteiger partial charge in [0.25, 0.3) is 0 Å². The molecule has 1 rings (SSSR count). The Labute approximate surface area is 90.7 Å². The second-order valence-corrected chi connectivity index (χ2v) is 6.29. The smallest absolute Gasteiger partial charge is 0.219 e. The van der Waals surface area contributed by atoms with Gasteiger partial charge < -0.3 is 10.2 Å². The molecule has 0 aromatic carbocycles. The van der Waals surface area contributed by atoms with Crippen LogP contribution in [0.5, 0.6) is 0 Å². The van der Waals surface area contributed by atoms with Crippen molar-refractivity contribution in [2.45, 2.75) is 19.4 Å². The van der Waals surface area contributed by atoms with Crippen molar-refractivity contribution in [2.24, 2.45) is 0 Å². The van der Waals surface area contributed by atoms with Crippen molar-refractivity contribution in [1.29, 1.82) is 0 Å². The summed E-state index contributed by atoms with van der Waals surface area (Å²) in [7, 11) is -2.90. The lowest BCUT2D eigenvalue weighted by atomic mass is 10.1. The highest BCUT2D eigenvalue weighted by molar-refractivity contribution is 7.90. The molecule has 0 spiro atoms. The maximum Gasteiger partial charge on any atom is 0.219 e. The van der Waals surface area contributed by atoms with E-state index in [0.717, 1.165) is 6.54 Å². The fraction of sp³-hybridized carbons (Fsp3) is 0.889. The van der Waals surface area contributed by atoms with Crippen LogP contribution in [0.1, 0.15) is 13.3 Å². The third-order valence-corrected chi connectivity index (χ3v) is 3.52. The maximum absolute atomic E-state index is 11.1. The zero-order chi connectivity index (χ0) is 11.5. The summed E-state index contributed by atoms with van der Waals surface area (Å²) in [6.45, 7) is 3.61. The number of piperazine rings is 1. The van der Waals surface area contributed by atoms with Crippen LogP contribution in [0.2, 0.25) is 0 Å². The Morgan fingerprint density at radius 1 is 1.53 bits per heavy atom. The number of carbonyl (C=O) groups excluding carboxylic acids is 1. The molecule has 1 aliphatic heterocycles. The van der Waals surface area contributed by atoms with Crippen molar-refractivity contribution in [3.05, 3.63) is 0 Å². The van der Waals surface area contributed by atoms with Gasteiger partial charge in [-0.2, -0.15) is 0 Å². The van der Waals surface area contributed by atoms with Gasteiger partial charge in [-0.05, 0) is 6.42 Å². The van der Waals surface area contributed by atoms with E-state index in [4.69, 9.17) is 0 Å². The summed E-state index contributed by atoms with van der Waals surface area (Å²) < 4.78 is 22.0. The van der Waals surface area contributed by atoms with Crippen LogP contribution < -0.4 is 5.32 Å². The van der Waals surface area contributed by atoms with E-state index in [1.54, 1.807) is 11.8 Å². The first-order valence-electron chi connectivity index (χ1n) is 5.05. The van der Waals surface area contributed by atoms with Gasteiger partial charge >= 0.3 is 0 Å². The predicted octanol–water partition coefficient (Wildman–Crippen LogP) is -0.759. The zero-order valence-corrected chi connectivity index (χ0v) is 10.0. The molecule has 1 aliphatic rings. The Balaban J connectivity index is 2.40. The molecule has 1 saturated heterocycles. The molecule has 1 N–H and O–H groups in total. The monoisotopic (exact) mass is 234 g/mol. The molecular weight excluding hydrogens is 216 g/mol. The summed E-state index contributed by atoms with van der Waals surface area (Å²) >= 11 is 0. The van der Waals surface area contributed by atoms with E-state index in [0.29, 0.717) is 19.5 Å². The molecule has 15 heavy (non-hydrogen) atoms. The van der Waals surface area contributed by atoms with Gasteiger partial charge in [0.2, 0.25) is 5.91 Å². The highest BCUT2D eigenvalue weighted by atomic mass is 32.2. The number of hydrogen-bond donors (Lipinski definition) is 1. The molecule has 1 atom stereocenters. The molecule has 1 heterocycles. The molecule has 0 saturated carbocycles. The van der Waals surface area contributed by atoms with Crippen LogP contribution in [0.4, 0.5) is 0 Å². The lowest BCUT2D eigenvalue weighted by Gasteiger charge is -2.33. The lowest BCUT2D eigenvalue weighted by Crippen LogP contribution is -2.52. The second-order valence-electron chi connectivity index (χ2n) is 4.03. The topological polar surface area (TPSA) is 66.5 Å². The summed E-state index contributed by atoms with van der Waals surface area (Å²) in [5.74, 6) is 0.233. The fourth-order valence-corrected chi connectivity index (χ4v) is 2.37. The summed E-state index contributed by atoms with van der Waals surface area (Å²) in [6.07, 6.45) is 1.81. The van der Waals surface area contributed by atoms with E-state index in [2.05, 4.69) is 5.32 Å². The minimum absolute atomic E-state index is 0.0563. The van der Waals surface area contributed by atoms with E-state index >= 15 is 0 Å². The summed E-state index contributed by atoms with van der Waals surface area (Å²) in [6, 6.07) is 0.109. The number of carbonyl (C=O) groups is 1. The largest absolute Gasteiger partial charge is 0.340 e. The molecular formula is C9H18N2O3S. The van der Waals surface area contributed by atoms with Gasteiger partial charge in [0.05, 0.1) is 5.75 Å². The number of amides is 1. The Morgan fingerprint density at radius 2 is 2.20 bits per heavy atom. The quantitative estimate of drug-likeness (QED) is 0.697. The molecule has 1 amide bonds.